The minimum Gasteiger partial charge on any atom is -1.00 e. The summed E-state index contributed by atoms with van der Waals surface area (Å²) in [5.41, 5.74) is -0.685. The third-order valence-electron chi connectivity index (χ3n) is 1.13. The summed E-state index contributed by atoms with van der Waals surface area (Å²) in [7, 11) is -3.99. The zero-order valence-corrected chi connectivity index (χ0v) is 10.3. The van der Waals surface area contributed by atoms with Crippen molar-refractivity contribution >= 4 is 10.1 Å². The maximum absolute atomic E-state index is 10.2. The smallest absolute Gasteiger partial charge is 1.00 e. The van der Waals surface area contributed by atoms with Gasteiger partial charge in [0, 0.05) is 5.54 Å². The van der Waals surface area contributed by atoms with Crippen molar-refractivity contribution in [1.29, 1.82) is 0 Å². The Balaban J connectivity index is -0.000000500. The first kappa shape index (κ1) is 15.3. The maximum atomic E-state index is 10.2. The molecule has 0 aromatic rings. The zero-order chi connectivity index (χ0) is 9.12. The molecule has 0 aliphatic carbocycles. The normalized spacial score (nSPS) is 12.3. The van der Waals surface area contributed by atoms with Crippen LogP contribution >= 0.6 is 0 Å². The van der Waals surface area contributed by atoms with E-state index in [0.717, 1.165) is 0 Å². The molecular formula is C5H14NNaO4S. The van der Waals surface area contributed by atoms with Crippen LogP contribution in [0.15, 0.2) is 0 Å². The average Bonchev–Trinajstić information content (AvgIpc) is 1.83. The second-order valence-corrected chi connectivity index (χ2v) is 4.40. The van der Waals surface area contributed by atoms with Crippen LogP contribution < -0.4 is 34.9 Å². The van der Waals surface area contributed by atoms with E-state index in [1.807, 2.05) is 0 Å². The van der Waals surface area contributed by atoms with Crippen LogP contribution in [0, 0.1) is 0 Å². The van der Waals surface area contributed by atoms with E-state index < -0.39 is 21.5 Å². The number of aliphatic hydroxyl groups excluding tert-OH is 1. The Morgan fingerprint density at radius 2 is 1.92 bits per heavy atom. The monoisotopic (exact) mass is 207 g/mol. The van der Waals surface area contributed by atoms with E-state index in [4.69, 9.17) is 9.66 Å². The fraction of sp³-hybridized carbons (Fsp3) is 1.00. The quantitative estimate of drug-likeness (QED) is 0.326. The average molecular weight is 207 g/mol. The van der Waals surface area contributed by atoms with Crippen LogP contribution in [0.25, 0.3) is 0 Å². The summed E-state index contributed by atoms with van der Waals surface area (Å²) in [6.07, 6.45) is 0. The molecule has 0 aliphatic rings. The number of hydrogen-bond acceptors (Lipinski definition) is 4. The first-order valence-corrected chi connectivity index (χ1v) is 4.69. The molecule has 0 atom stereocenters. The Morgan fingerprint density at radius 1 is 1.50 bits per heavy atom. The van der Waals surface area contributed by atoms with Crippen LogP contribution in [-0.4, -0.2) is 36.1 Å². The molecule has 0 fully saturated rings. The summed E-state index contributed by atoms with van der Waals surface area (Å²) in [6.45, 7) is 3.05. The summed E-state index contributed by atoms with van der Waals surface area (Å²) in [6, 6.07) is 0. The molecule has 0 aromatic heterocycles. The van der Waals surface area contributed by atoms with Gasteiger partial charge in [0.2, 0.25) is 0 Å². The number of aliphatic hydroxyl groups is 1. The van der Waals surface area contributed by atoms with Gasteiger partial charge >= 0.3 is 29.6 Å². The molecule has 0 spiro atoms. The summed E-state index contributed by atoms with van der Waals surface area (Å²) in [5, 5.41) is 11.1. The van der Waals surface area contributed by atoms with Gasteiger partial charge in [0.1, 0.15) is 5.88 Å². The van der Waals surface area contributed by atoms with Crippen LogP contribution in [-0.2, 0) is 10.1 Å². The van der Waals surface area contributed by atoms with Crippen LogP contribution in [0.4, 0.5) is 0 Å². The van der Waals surface area contributed by atoms with E-state index in [0.29, 0.717) is 0 Å². The minimum absolute atomic E-state index is 0. The molecule has 0 rings (SSSR count). The summed E-state index contributed by atoms with van der Waals surface area (Å²) in [4.78, 5) is 0. The van der Waals surface area contributed by atoms with Crippen molar-refractivity contribution in [2.24, 2.45) is 0 Å². The molecule has 0 saturated carbocycles. The molecular weight excluding hydrogens is 193 g/mol. The molecule has 3 N–H and O–H groups in total. The van der Waals surface area contributed by atoms with Gasteiger partial charge < -0.3 is 6.53 Å². The van der Waals surface area contributed by atoms with Crippen LogP contribution in [0.3, 0.4) is 0 Å². The van der Waals surface area contributed by atoms with Gasteiger partial charge in [-0.1, -0.05) is 0 Å². The Hall–Kier alpha value is 0.830. The minimum atomic E-state index is -3.99. The first-order chi connectivity index (χ1) is 4.77. The van der Waals surface area contributed by atoms with E-state index in [1.165, 1.54) is 0 Å². The second-order valence-electron chi connectivity index (χ2n) is 2.95. The fourth-order valence-corrected chi connectivity index (χ4v) is 0.916. The number of nitrogens with one attached hydrogen (secondary N) is 1. The van der Waals surface area contributed by atoms with Crippen LogP contribution in [0.5, 0.6) is 0 Å². The largest absolute Gasteiger partial charge is 1.00 e. The van der Waals surface area contributed by atoms with Gasteiger partial charge in [-0.2, -0.15) is 8.42 Å². The van der Waals surface area contributed by atoms with Crippen molar-refractivity contribution < 1.29 is 49.1 Å². The summed E-state index contributed by atoms with van der Waals surface area (Å²) < 4.78 is 28.7. The zero-order valence-electron chi connectivity index (χ0n) is 8.53. The predicted octanol–water partition coefficient (Wildman–Crippen LogP) is -3.69. The van der Waals surface area contributed by atoms with Crippen molar-refractivity contribution in [1.82, 2.24) is 5.32 Å². The third kappa shape index (κ3) is 8.92. The third-order valence-corrected chi connectivity index (χ3v) is 1.64. The number of rotatable bonds is 4. The molecule has 0 aliphatic heterocycles. The Bertz CT molecular complexity index is 219. The fourth-order valence-electron chi connectivity index (χ4n) is 0.342. The molecule has 0 heterocycles. The first-order valence-electron chi connectivity index (χ1n) is 3.08. The topological polar surface area (TPSA) is 86.6 Å². The molecule has 70 valence electrons. The molecule has 0 saturated heterocycles. The van der Waals surface area contributed by atoms with Gasteiger partial charge in [-0.15, -0.1) is 0 Å². The van der Waals surface area contributed by atoms with Gasteiger partial charge in [0.25, 0.3) is 10.1 Å². The molecule has 0 radical (unpaired) electrons. The molecule has 7 heteroatoms. The van der Waals surface area contributed by atoms with Crippen molar-refractivity contribution in [3.05, 3.63) is 0 Å². The van der Waals surface area contributed by atoms with Gasteiger partial charge in [-0.05, 0) is 13.8 Å². The van der Waals surface area contributed by atoms with Gasteiger partial charge in [0.15, 0.2) is 0 Å². The van der Waals surface area contributed by atoms with Crippen LogP contribution in [0.1, 0.15) is 15.3 Å². The predicted molar refractivity (Wildman–Crippen MR) is 41.8 cm³/mol. The molecule has 0 bridgehead atoms. The Labute approximate surface area is 96.1 Å². The molecule has 12 heavy (non-hydrogen) atoms. The van der Waals surface area contributed by atoms with E-state index >= 15 is 0 Å². The maximum Gasteiger partial charge on any atom is 1.00 e. The van der Waals surface area contributed by atoms with E-state index in [-0.39, 0.29) is 37.6 Å². The van der Waals surface area contributed by atoms with Crippen molar-refractivity contribution in [3.8, 4) is 0 Å². The van der Waals surface area contributed by atoms with Gasteiger partial charge in [-0.3, -0.25) is 9.87 Å². The molecule has 0 aromatic carbocycles. The summed E-state index contributed by atoms with van der Waals surface area (Å²) in [5.74, 6) is -0.541. The van der Waals surface area contributed by atoms with Gasteiger partial charge in [0.05, 0.1) is 6.61 Å². The van der Waals surface area contributed by atoms with Crippen molar-refractivity contribution in [3.63, 3.8) is 0 Å². The molecule has 5 nitrogen and oxygen atoms in total. The second kappa shape index (κ2) is 5.54. The summed E-state index contributed by atoms with van der Waals surface area (Å²) >= 11 is 0. The molecule has 0 unspecified atom stereocenters. The van der Waals surface area contributed by atoms with Gasteiger partial charge in [-0.25, -0.2) is 0 Å². The van der Waals surface area contributed by atoms with E-state index in [9.17, 15) is 8.42 Å². The van der Waals surface area contributed by atoms with E-state index in [2.05, 4.69) is 5.32 Å². The SMILES string of the molecule is CC(C)(CO)NCS(=O)(=O)O.[H-].[Na+]. The van der Waals surface area contributed by atoms with Crippen molar-refractivity contribution in [2.45, 2.75) is 19.4 Å². The Morgan fingerprint density at radius 3 is 2.17 bits per heavy atom. The van der Waals surface area contributed by atoms with Crippen LogP contribution in [0.2, 0.25) is 0 Å². The van der Waals surface area contributed by atoms with E-state index in [1.54, 1.807) is 13.8 Å². The molecule has 0 amide bonds. The standard InChI is InChI=1S/C5H13NO4S.Na.H/c1-5(2,3-7)6-4-11(8,9)10;;/h6-7H,3-4H2,1-2H3,(H,8,9,10);;/q;+1;-1. The number of hydrogen-bond donors (Lipinski definition) is 3. The Kier molecular flexibility index (Phi) is 7.06. The van der Waals surface area contributed by atoms with Crippen molar-refractivity contribution in [2.75, 3.05) is 12.5 Å².